The molecular weight excluding hydrogens is 518 g/mol. The summed E-state index contributed by atoms with van der Waals surface area (Å²) >= 11 is 4.82. The zero-order chi connectivity index (χ0) is 24.2. The summed E-state index contributed by atoms with van der Waals surface area (Å²) in [6.45, 7) is 2.02. The Bertz CT molecular complexity index is 1340. The normalized spacial score (nSPS) is 11.1. The minimum atomic E-state index is -0.386. The van der Waals surface area contributed by atoms with Crippen LogP contribution in [0.3, 0.4) is 0 Å². The number of hydrogen-bond acceptors (Lipinski definition) is 7. The highest BCUT2D eigenvalue weighted by atomic mass is 79.9. The van der Waals surface area contributed by atoms with Crippen LogP contribution in [0.1, 0.15) is 21.5 Å². The van der Waals surface area contributed by atoms with E-state index in [1.807, 2.05) is 49.4 Å². The maximum Gasteiger partial charge on any atom is 0.281 e. The van der Waals surface area contributed by atoms with Crippen molar-refractivity contribution >= 4 is 54.7 Å². The van der Waals surface area contributed by atoms with E-state index in [0.29, 0.717) is 27.9 Å². The summed E-state index contributed by atoms with van der Waals surface area (Å²) in [4.78, 5) is 18.4. The molecule has 4 aromatic rings. The molecule has 1 aromatic heterocycles. The number of amides is 1. The Hall–Kier alpha value is -3.43. The number of ether oxygens (including phenoxy) is 3. The number of hydrazone groups is 1. The lowest BCUT2D eigenvalue weighted by molar-refractivity contribution is 0.0987. The van der Waals surface area contributed by atoms with E-state index in [0.717, 1.165) is 25.8 Å². The second-order valence-corrected chi connectivity index (χ2v) is 9.22. The number of aryl methyl sites for hydroxylation is 1. The van der Waals surface area contributed by atoms with Crippen molar-refractivity contribution in [3.63, 3.8) is 0 Å². The fourth-order valence-electron chi connectivity index (χ4n) is 3.30. The van der Waals surface area contributed by atoms with Gasteiger partial charge in [0.05, 0.1) is 37.8 Å². The number of thiazole rings is 1. The van der Waals surface area contributed by atoms with Crippen LogP contribution in [0.15, 0.2) is 64.2 Å². The van der Waals surface area contributed by atoms with Gasteiger partial charge in [-0.05, 0) is 54.4 Å². The summed E-state index contributed by atoms with van der Waals surface area (Å²) in [5, 5.41) is 6.27. The third-order valence-electron chi connectivity index (χ3n) is 5.01. The van der Waals surface area contributed by atoms with Crippen molar-refractivity contribution in [2.24, 2.45) is 5.10 Å². The van der Waals surface area contributed by atoms with Gasteiger partial charge < -0.3 is 14.2 Å². The van der Waals surface area contributed by atoms with Crippen LogP contribution in [0.2, 0.25) is 0 Å². The molecule has 3 aromatic carbocycles. The second kappa shape index (κ2) is 10.2. The van der Waals surface area contributed by atoms with E-state index in [2.05, 4.69) is 26.0 Å². The summed E-state index contributed by atoms with van der Waals surface area (Å²) in [6, 6.07) is 16.8. The van der Waals surface area contributed by atoms with Gasteiger partial charge in [-0.15, -0.1) is 0 Å². The monoisotopic (exact) mass is 539 g/mol. The Kier molecular flexibility index (Phi) is 7.14. The van der Waals surface area contributed by atoms with Gasteiger partial charge in [0.25, 0.3) is 5.91 Å². The van der Waals surface area contributed by atoms with Crippen molar-refractivity contribution in [1.29, 1.82) is 0 Å². The van der Waals surface area contributed by atoms with E-state index < -0.39 is 0 Å². The first-order chi connectivity index (χ1) is 16.4. The molecule has 0 saturated heterocycles. The fourth-order valence-corrected chi connectivity index (χ4v) is 4.58. The lowest BCUT2D eigenvalue weighted by Crippen LogP contribution is -2.25. The standard InChI is InChI=1S/C25H22BrN3O4S/c1-15-5-10-19-22(11-15)34-25(28-19)29(27-14-16-6-8-18(26)9-7-16)24(30)17-12-20(31-2)23(33-4)21(13-17)32-3/h5-14H,1-4H3/b27-14+. The van der Waals surface area contributed by atoms with Crippen LogP contribution in [0.5, 0.6) is 17.2 Å². The molecule has 174 valence electrons. The number of methoxy groups -OCH3 is 3. The van der Waals surface area contributed by atoms with Crippen molar-refractivity contribution in [3.05, 3.63) is 75.8 Å². The number of benzene rings is 3. The zero-order valence-corrected chi connectivity index (χ0v) is 21.4. The Morgan fingerprint density at radius 1 is 1.00 bits per heavy atom. The van der Waals surface area contributed by atoms with E-state index in [4.69, 9.17) is 14.2 Å². The number of halogens is 1. The second-order valence-electron chi connectivity index (χ2n) is 7.29. The highest BCUT2D eigenvalue weighted by Gasteiger charge is 2.24. The van der Waals surface area contributed by atoms with Crippen molar-refractivity contribution in [2.75, 3.05) is 26.3 Å². The lowest BCUT2D eigenvalue weighted by atomic mass is 10.1. The summed E-state index contributed by atoms with van der Waals surface area (Å²) in [5.41, 5.74) is 3.07. The van der Waals surface area contributed by atoms with Gasteiger partial charge in [-0.3, -0.25) is 4.79 Å². The van der Waals surface area contributed by atoms with Crippen LogP contribution >= 0.6 is 27.3 Å². The van der Waals surface area contributed by atoms with E-state index >= 15 is 0 Å². The highest BCUT2D eigenvalue weighted by molar-refractivity contribution is 9.10. The molecule has 34 heavy (non-hydrogen) atoms. The number of carbonyl (C=O) groups is 1. The third-order valence-corrected chi connectivity index (χ3v) is 6.53. The largest absolute Gasteiger partial charge is 0.493 e. The minimum absolute atomic E-state index is 0.317. The number of fused-ring (bicyclic) bond motifs is 1. The molecule has 0 radical (unpaired) electrons. The van der Waals surface area contributed by atoms with E-state index in [1.54, 1.807) is 18.3 Å². The van der Waals surface area contributed by atoms with E-state index in [-0.39, 0.29) is 5.91 Å². The molecule has 7 nitrogen and oxygen atoms in total. The van der Waals surface area contributed by atoms with Gasteiger partial charge in [0, 0.05) is 10.0 Å². The molecule has 0 atom stereocenters. The van der Waals surface area contributed by atoms with Crippen molar-refractivity contribution in [1.82, 2.24) is 4.98 Å². The molecule has 0 unspecified atom stereocenters. The number of rotatable bonds is 7. The van der Waals surface area contributed by atoms with Gasteiger partial charge >= 0.3 is 0 Å². The molecule has 0 fully saturated rings. The van der Waals surface area contributed by atoms with Crippen LogP contribution in [0.25, 0.3) is 10.2 Å². The van der Waals surface area contributed by atoms with Crippen molar-refractivity contribution in [3.8, 4) is 17.2 Å². The van der Waals surface area contributed by atoms with Gasteiger partial charge in [-0.25, -0.2) is 4.98 Å². The molecule has 0 spiro atoms. The smallest absolute Gasteiger partial charge is 0.281 e. The average Bonchev–Trinajstić information content (AvgIpc) is 3.26. The summed E-state index contributed by atoms with van der Waals surface area (Å²) in [7, 11) is 4.52. The molecule has 0 saturated carbocycles. The Labute approximate surface area is 209 Å². The molecule has 0 aliphatic heterocycles. The van der Waals surface area contributed by atoms with Crippen LogP contribution in [-0.2, 0) is 0 Å². The maximum atomic E-state index is 13.7. The maximum absolute atomic E-state index is 13.7. The van der Waals surface area contributed by atoms with Crippen LogP contribution in [0.4, 0.5) is 5.13 Å². The van der Waals surface area contributed by atoms with Gasteiger partial charge in [0.2, 0.25) is 10.9 Å². The Morgan fingerprint density at radius 2 is 1.68 bits per heavy atom. The van der Waals surface area contributed by atoms with Crippen LogP contribution in [0, 0.1) is 6.92 Å². The lowest BCUT2D eigenvalue weighted by Gasteiger charge is -2.17. The fraction of sp³-hybridized carbons (Fsp3) is 0.160. The quantitative estimate of drug-likeness (QED) is 0.210. The summed E-state index contributed by atoms with van der Waals surface area (Å²) in [6.07, 6.45) is 1.62. The zero-order valence-electron chi connectivity index (χ0n) is 19.0. The SMILES string of the molecule is COc1cc(C(=O)N(/N=C/c2ccc(Br)cc2)c2nc3ccc(C)cc3s2)cc(OC)c1OC. The third kappa shape index (κ3) is 4.90. The Balaban J connectivity index is 1.81. The van der Waals surface area contributed by atoms with Crippen molar-refractivity contribution < 1.29 is 19.0 Å². The molecule has 9 heteroatoms. The molecule has 4 rings (SSSR count). The number of carbonyl (C=O) groups excluding carboxylic acids is 1. The van der Waals surface area contributed by atoms with Gasteiger partial charge in [-0.2, -0.15) is 10.1 Å². The van der Waals surface area contributed by atoms with Crippen molar-refractivity contribution in [2.45, 2.75) is 6.92 Å². The van der Waals surface area contributed by atoms with Gasteiger partial charge in [-0.1, -0.05) is 45.5 Å². The number of nitrogens with zero attached hydrogens (tertiary/aromatic N) is 3. The molecule has 0 aliphatic carbocycles. The Morgan fingerprint density at radius 3 is 2.29 bits per heavy atom. The number of anilines is 1. The van der Waals surface area contributed by atoms with Crippen LogP contribution < -0.4 is 19.2 Å². The van der Waals surface area contributed by atoms with E-state index in [9.17, 15) is 4.79 Å². The summed E-state index contributed by atoms with van der Waals surface area (Å²) in [5.74, 6) is 0.772. The van der Waals surface area contributed by atoms with E-state index in [1.165, 1.54) is 37.7 Å². The first kappa shape index (κ1) is 23.7. The molecule has 1 amide bonds. The average molecular weight is 540 g/mol. The first-order valence-corrected chi connectivity index (χ1v) is 11.9. The topological polar surface area (TPSA) is 73.2 Å². The number of aromatic nitrogens is 1. The predicted octanol–water partition coefficient (Wildman–Crippen LogP) is 6.07. The minimum Gasteiger partial charge on any atom is -0.493 e. The van der Waals surface area contributed by atoms with Gasteiger partial charge in [0.1, 0.15) is 0 Å². The molecule has 0 bridgehead atoms. The van der Waals surface area contributed by atoms with Gasteiger partial charge in [0.15, 0.2) is 11.5 Å². The predicted molar refractivity (Wildman–Crippen MR) is 139 cm³/mol. The number of hydrogen-bond donors (Lipinski definition) is 0. The molecule has 0 N–H and O–H groups in total. The molecular formula is C25H22BrN3O4S. The van der Waals surface area contributed by atoms with Crippen LogP contribution in [-0.4, -0.2) is 38.4 Å². The first-order valence-electron chi connectivity index (χ1n) is 10.2. The highest BCUT2D eigenvalue weighted by Crippen LogP contribution is 2.39. The molecule has 0 aliphatic rings. The summed E-state index contributed by atoms with van der Waals surface area (Å²) < 4.78 is 18.2. The molecule has 1 heterocycles.